The van der Waals surface area contributed by atoms with Crippen molar-refractivity contribution in [3.63, 3.8) is 0 Å². The van der Waals surface area contributed by atoms with Crippen molar-refractivity contribution in [2.75, 3.05) is 39.3 Å². The monoisotopic (exact) mass is 700 g/mol. The molecule has 0 aliphatic carbocycles. The van der Waals surface area contributed by atoms with Crippen molar-refractivity contribution < 1.29 is 78.7 Å². The first-order chi connectivity index (χ1) is 21.6. The van der Waals surface area contributed by atoms with E-state index in [1.807, 2.05) is 18.5 Å². The molecular formula is C26H33F9N4O8. The minimum absolute atomic E-state index is 0.0947. The number of nitrogens with one attached hydrogen (secondary N) is 1. The molecular weight excluding hydrogens is 667 g/mol. The van der Waals surface area contributed by atoms with Gasteiger partial charge in [0.05, 0.1) is 18.6 Å². The molecule has 3 saturated heterocycles. The molecule has 21 heteroatoms. The third-order valence-electron chi connectivity index (χ3n) is 6.61. The van der Waals surface area contributed by atoms with Gasteiger partial charge in [0.25, 0.3) is 0 Å². The molecule has 0 saturated carbocycles. The number of halogens is 9. The lowest BCUT2D eigenvalue weighted by atomic mass is 10.0. The van der Waals surface area contributed by atoms with Gasteiger partial charge in [-0.25, -0.2) is 14.4 Å². The van der Waals surface area contributed by atoms with Gasteiger partial charge in [0.15, 0.2) is 0 Å². The summed E-state index contributed by atoms with van der Waals surface area (Å²) < 4.78 is 101. The number of carboxylic acids is 3. The van der Waals surface area contributed by atoms with Gasteiger partial charge in [-0.1, -0.05) is 6.07 Å². The number of carboxylic acid groups (broad SMARTS) is 3. The summed E-state index contributed by atoms with van der Waals surface area (Å²) in [6.07, 6.45) is -7.01. The van der Waals surface area contributed by atoms with Gasteiger partial charge in [-0.15, -0.1) is 0 Å². The summed E-state index contributed by atoms with van der Waals surface area (Å²) in [5, 5.41) is 24.4. The second-order valence-corrected chi connectivity index (χ2v) is 10.4. The van der Waals surface area contributed by atoms with Crippen molar-refractivity contribution in [3.05, 3.63) is 30.1 Å². The molecule has 0 bridgehead atoms. The number of pyridine rings is 1. The standard InChI is InChI=1S/C20H30N4O2.3C2HF3O2/c25-20(22-6-9-23-7-1-2-8-23)11-18-10-17-14-24(15-19(17)26-18)13-16-4-3-5-21-12-16;3*3-2(4,5)1(6)7/h3-5,12,17-19H,1-2,6-11,13-15H2,(H,22,25);3*(H,6,7)/t17-,18-,19+;;;/m0.../s1. The molecule has 47 heavy (non-hydrogen) atoms. The summed E-state index contributed by atoms with van der Waals surface area (Å²) >= 11 is 0. The molecule has 1 aromatic rings. The van der Waals surface area contributed by atoms with Gasteiger partial charge in [-0.3, -0.25) is 14.7 Å². The minimum atomic E-state index is -5.08. The summed E-state index contributed by atoms with van der Waals surface area (Å²) in [5.74, 6) is -7.57. The molecule has 0 unspecified atom stereocenters. The lowest BCUT2D eigenvalue weighted by molar-refractivity contribution is -0.193. The van der Waals surface area contributed by atoms with Crippen molar-refractivity contribution >= 4 is 23.8 Å². The van der Waals surface area contributed by atoms with Gasteiger partial charge in [0.1, 0.15) is 0 Å². The average Bonchev–Trinajstić information content (AvgIpc) is 3.66. The number of amides is 1. The molecule has 3 atom stereocenters. The minimum Gasteiger partial charge on any atom is -0.475 e. The van der Waals surface area contributed by atoms with Crippen LogP contribution in [0.2, 0.25) is 0 Å². The molecule has 0 radical (unpaired) electrons. The lowest BCUT2D eigenvalue weighted by Crippen LogP contribution is -2.35. The third-order valence-corrected chi connectivity index (χ3v) is 6.61. The van der Waals surface area contributed by atoms with Gasteiger partial charge in [0.2, 0.25) is 5.91 Å². The van der Waals surface area contributed by atoms with E-state index in [-0.39, 0.29) is 18.1 Å². The number of rotatable bonds is 7. The van der Waals surface area contributed by atoms with Crippen molar-refractivity contribution in [1.82, 2.24) is 20.1 Å². The molecule has 4 heterocycles. The van der Waals surface area contributed by atoms with Gasteiger partial charge < -0.3 is 30.3 Å². The molecule has 0 aromatic carbocycles. The Morgan fingerprint density at radius 1 is 0.851 bits per heavy atom. The van der Waals surface area contributed by atoms with Crippen LogP contribution in [0, 0.1) is 5.92 Å². The maximum absolute atomic E-state index is 12.2. The average molecular weight is 701 g/mol. The van der Waals surface area contributed by atoms with E-state index in [2.05, 4.69) is 26.2 Å². The van der Waals surface area contributed by atoms with E-state index in [0.717, 1.165) is 39.1 Å². The van der Waals surface area contributed by atoms with Crippen LogP contribution in [0.4, 0.5) is 39.5 Å². The number of aliphatic carboxylic acids is 3. The second kappa shape index (κ2) is 18.6. The predicted molar refractivity (Wildman–Crippen MR) is 141 cm³/mol. The van der Waals surface area contributed by atoms with Gasteiger partial charge in [-0.05, 0) is 44.0 Å². The SMILES string of the molecule is O=C(C[C@@H]1C[C@H]2CN(Cc3cccnc3)C[C@H]2O1)NCCN1CCCC1.O=C(O)C(F)(F)F.O=C(O)C(F)(F)F.O=C(O)C(F)(F)F. The first-order valence-electron chi connectivity index (χ1n) is 13.8. The Morgan fingerprint density at radius 3 is 1.79 bits per heavy atom. The quantitative estimate of drug-likeness (QED) is 0.309. The molecule has 4 rings (SSSR count). The van der Waals surface area contributed by atoms with E-state index in [9.17, 15) is 44.3 Å². The van der Waals surface area contributed by atoms with Crippen LogP contribution < -0.4 is 5.32 Å². The van der Waals surface area contributed by atoms with Crippen molar-refractivity contribution in [2.24, 2.45) is 5.92 Å². The number of likely N-dealkylation sites (tertiary alicyclic amines) is 2. The van der Waals surface area contributed by atoms with E-state index < -0.39 is 36.4 Å². The number of hydrogen-bond donors (Lipinski definition) is 4. The molecule has 1 amide bonds. The zero-order valence-electron chi connectivity index (χ0n) is 24.4. The van der Waals surface area contributed by atoms with E-state index >= 15 is 0 Å². The van der Waals surface area contributed by atoms with Crippen LogP contribution in [0.1, 0.15) is 31.2 Å². The van der Waals surface area contributed by atoms with Crippen LogP contribution in [-0.4, -0.2) is 124 Å². The summed E-state index contributed by atoms with van der Waals surface area (Å²) in [5.41, 5.74) is 1.25. The smallest absolute Gasteiger partial charge is 0.475 e. The van der Waals surface area contributed by atoms with E-state index in [0.29, 0.717) is 12.3 Å². The fraction of sp³-hybridized carbons (Fsp3) is 0.654. The van der Waals surface area contributed by atoms with Crippen molar-refractivity contribution in [1.29, 1.82) is 0 Å². The van der Waals surface area contributed by atoms with Crippen molar-refractivity contribution in [3.8, 4) is 0 Å². The van der Waals surface area contributed by atoms with E-state index in [4.69, 9.17) is 34.4 Å². The second-order valence-electron chi connectivity index (χ2n) is 10.4. The van der Waals surface area contributed by atoms with Crippen LogP contribution >= 0.6 is 0 Å². The number of ether oxygens (including phenoxy) is 1. The normalized spacial score (nSPS) is 21.2. The lowest BCUT2D eigenvalue weighted by Gasteiger charge is -2.19. The van der Waals surface area contributed by atoms with Crippen LogP contribution in [0.3, 0.4) is 0 Å². The van der Waals surface area contributed by atoms with Crippen molar-refractivity contribution in [2.45, 2.75) is 63.0 Å². The Morgan fingerprint density at radius 2 is 1.36 bits per heavy atom. The zero-order chi connectivity index (χ0) is 36.0. The Balaban J connectivity index is 0.000000430. The molecule has 3 fully saturated rings. The first kappa shape index (κ1) is 41.3. The number of hydrogen-bond acceptors (Lipinski definition) is 8. The maximum Gasteiger partial charge on any atom is 0.490 e. The largest absolute Gasteiger partial charge is 0.490 e. The van der Waals surface area contributed by atoms with Crippen LogP contribution in [0.5, 0.6) is 0 Å². The highest BCUT2D eigenvalue weighted by molar-refractivity contribution is 5.76. The highest BCUT2D eigenvalue weighted by Crippen LogP contribution is 2.34. The number of carbonyl (C=O) groups is 4. The fourth-order valence-electron chi connectivity index (χ4n) is 4.60. The Labute approximate surface area is 261 Å². The summed E-state index contributed by atoms with van der Waals surface area (Å²) in [4.78, 5) is 47.9. The van der Waals surface area contributed by atoms with Crippen LogP contribution in [0.15, 0.2) is 24.5 Å². The molecule has 0 spiro atoms. The summed E-state index contributed by atoms with van der Waals surface area (Å²) in [6, 6.07) is 4.11. The topological polar surface area (TPSA) is 170 Å². The van der Waals surface area contributed by atoms with Crippen LogP contribution in [0.25, 0.3) is 0 Å². The van der Waals surface area contributed by atoms with E-state index in [1.54, 1.807) is 0 Å². The Hall–Kier alpha value is -3.72. The van der Waals surface area contributed by atoms with Crippen LogP contribution in [-0.2, 0) is 30.5 Å². The number of nitrogens with zero attached hydrogens (tertiary/aromatic N) is 3. The molecule has 3 aliphatic heterocycles. The number of aromatic nitrogens is 1. The molecule has 268 valence electrons. The fourth-order valence-corrected chi connectivity index (χ4v) is 4.60. The summed E-state index contributed by atoms with van der Waals surface area (Å²) in [7, 11) is 0. The number of fused-ring (bicyclic) bond motifs is 1. The highest BCUT2D eigenvalue weighted by atomic mass is 19.4. The molecule has 1 aromatic heterocycles. The van der Waals surface area contributed by atoms with Gasteiger partial charge in [-0.2, -0.15) is 39.5 Å². The maximum atomic E-state index is 12.2. The molecule has 4 N–H and O–H groups in total. The number of alkyl halides is 9. The zero-order valence-corrected chi connectivity index (χ0v) is 24.4. The highest BCUT2D eigenvalue weighted by Gasteiger charge is 2.42. The molecule has 3 aliphatic rings. The third kappa shape index (κ3) is 17.1. The van der Waals surface area contributed by atoms with Gasteiger partial charge in [0, 0.05) is 51.0 Å². The number of carbonyl (C=O) groups excluding carboxylic acids is 1. The Bertz CT molecular complexity index is 1080. The predicted octanol–water partition coefficient (Wildman–Crippen LogP) is 3.17. The summed E-state index contributed by atoms with van der Waals surface area (Å²) in [6.45, 7) is 7.06. The molecule has 12 nitrogen and oxygen atoms in total. The van der Waals surface area contributed by atoms with E-state index in [1.165, 1.54) is 31.5 Å². The Kier molecular flexibility index (Phi) is 16.3. The van der Waals surface area contributed by atoms with Gasteiger partial charge >= 0.3 is 36.4 Å². The first-order valence-corrected chi connectivity index (χ1v) is 13.8.